The zero-order chi connectivity index (χ0) is 47.9. The van der Waals surface area contributed by atoms with Gasteiger partial charge in [0, 0.05) is 49.3 Å². The van der Waals surface area contributed by atoms with Crippen LogP contribution in [-0.4, -0.2) is 13.7 Å². The van der Waals surface area contributed by atoms with Crippen LogP contribution in [0.25, 0.3) is 105 Å². The molecule has 0 fully saturated rings. The van der Waals surface area contributed by atoms with E-state index in [2.05, 4.69) is 75.9 Å². The third-order valence-corrected chi connectivity index (χ3v) is 11.0. The van der Waals surface area contributed by atoms with Gasteiger partial charge in [0.1, 0.15) is 0 Å². The molecule has 0 aliphatic heterocycles. The molecule has 0 N–H and O–H groups in total. The van der Waals surface area contributed by atoms with E-state index < -0.39 is 72.2 Å². The fourth-order valence-corrected chi connectivity index (χ4v) is 8.60. The van der Waals surface area contributed by atoms with Gasteiger partial charge in [-0.1, -0.05) is 151 Å². The summed E-state index contributed by atoms with van der Waals surface area (Å²) in [5.41, 5.74) is 6.75. The lowest BCUT2D eigenvalue weighted by Gasteiger charge is -2.15. The molecule has 266 valence electrons. The van der Waals surface area contributed by atoms with E-state index in [1.807, 2.05) is 60.7 Å². The maximum Gasteiger partial charge on any atom is 0.0652 e. The summed E-state index contributed by atoms with van der Waals surface area (Å²) in [6.45, 7) is 0. The first kappa shape index (κ1) is 22.1. The Morgan fingerprint density at radius 2 is 1.05 bits per heavy atom. The van der Waals surface area contributed by atoms with E-state index in [0.717, 1.165) is 65.0 Å². The van der Waals surface area contributed by atoms with E-state index >= 15 is 0 Å². The second-order valence-corrected chi connectivity index (χ2v) is 14.0. The lowest BCUT2D eigenvalue weighted by Crippen LogP contribution is -1.98. The number of rotatable bonds is 5. The number of fused-ring (bicyclic) bond motifs is 10. The Labute approximate surface area is 346 Å². The smallest absolute Gasteiger partial charge is 0.0652 e. The molecule has 0 unspecified atom stereocenters. The van der Waals surface area contributed by atoms with Crippen molar-refractivity contribution in [3.05, 3.63) is 212 Å². The molecular weight excluding hydrogens is 691 g/mol. The Bertz CT molecular complexity index is 4200. The van der Waals surface area contributed by atoms with Crippen LogP contribution < -0.4 is 0 Å². The third-order valence-electron chi connectivity index (χ3n) is 11.0. The minimum atomic E-state index is -0.689. The summed E-state index contributed by atoms with van der Waals surface area (Å²) in [5, 5.41) is 3.63. The Morgan fingerprint density at radius 3 is 1.93 bits per heavy atom. The number of aromatic nitrogens is 3. The molecule has 3 heterocycles. The summed E-state index contributed by atoms with van der Waals surface area (Å²) in [4.78, 5) is 0. The summed E-state index contributed by atoms with van der Waals surface area (Å²) in [6, 6.07) is 39.5. The van der Waals surface area contributed by atoms with Crippen LogP contribution in [0.4, 0.5) is 0 Å². The molecular formula is C54H35N3. The van der Waals surface area contributed by atoms with Gasteiger partial charge in [-0.3, -0.25) is 0 Å². The molecule has 0 radical (unpaired) electrons. The van der Waals surface area contributed by atoms with Gasteiger partial charge < -0.3 is 13.7 Å². The quantitative estimate of drug-likeness (QED) is 0.167. The summed E-state index contributed by atoms with van der Waals surface area (Å²) >= 11 is 0. The average Bonchev–Trinajstić information content (AvgIpc) is 4.03. The van der Waals surface area contributed by atoms with Crippen LogP contribution in [0.15, 0.2) is 212 Å². The molecule has 12 aromatic rings. The molecule has 0 saturated heterocycles. The van der Waals surface area contributed by atoms with Crippen molar-refractivity contribution in [2.24, 2.45) is 0 Å². The largest absolute Gasteiger partial charge is 0.309 e. The third kappa shape index (κ3) is 4.73. The van der Waals surface area contributed by atoms with Gasteiger partial charge in [0.15, 0.2) is 0 Å². The lowest BCUT2D eigenvalue weighted by molar-refractivity contribution is 1.17. The number of hydrogen-bond acceptors (Lipinski definition) is 0. The van der Waals surface area contributed by atoms with Gasteiger partial charge in [0.2, 0.25) is 0 Å². The lowest BCUT2D eigenvalue weighted by atomic mass is 10.0. The van der Waals surface area contributed by atoms with Gasteiger partial charge in [-0.2, -0.15) is 0 Å². The van der Waals surface area contributed by atoms with E-state index in [0.29, 0.717) is 11.3 Å². The first-order valence-electron chi connectivity index (χ1n) is 24.6. The first-order valence-corrected chi connectivity index (χ1v) is 18.6. The van der Waals surface area contributed by atoms with E-state index in [1.165, 1.54) is 0 Å². The van der Waals surface area contributed by atoms with Crippen molar-refractivity contribution in [3.8, 4) is 39.3 Å². The maximum atomic E-state index is 10.1. The molecule has 0 atom stereocenters. The van der Waals surface area contributed by atoms with Crippen molar-refractivity contribution in [2.45, 2.75) is 0 Å². The Hall–Kier alpha value is -7.62. The molecule has 0 bridgehead atoms. The molecule has 0 aliphatic carbocycles. The van der Waals surface area contributed by atoms with Gasteiger partial charge in [0.25, 0.3) is 0 Å². The summed E-state index contributed by atoms with van der Waals surface area (Å²) in [7, 11) is 0. The molecule has 0 spiro atoms. The highest BCUT2D eigenvalue weighted by Gasteiger charge is 2.22. The topological polar surface area (TPSA) is 14.8 Å². The van der Waals surface area contributed by atoms with Crippen molar-refractivity contribution in [1.82, 2.24) is 13.7 Å². The van der Waals surface area contributed by atoms with Gasteiger partial charge in [-0.15, -0.1) is 0 Å². The average molecular weight is 738 g/mol. The highest BCUT2D eigenvalue weighted by Crippen LogP contribution is 2.44. The van der Waals surface area contributed by atoms with Crippen LogP contribution in [0.3, 0.4) is 0 Å². The monoisotopic (exact) mass is 737 g/mol. The standard InChI is InChI=1S/C54H35N3/c1-3-16-36(17-4-1)37-18-15-21-40(34-37)56-49-28-13-9-24-43(49)45-32-33-51-53(54(45)56)46-25-10-14-29-50(46)57(51)47-26-11-7-22-41(47)38-30-31-44-42-23-8-12-27-48(42)55(52(44)35-38)39-19-5-2-6-20-39/h1-35H/i2D,5D,6D,8D,12D,19D,20D,23D,27D,30D,31D,35D. The summed E-state index contributed by atoms with van der Waals surface area (Å²) < 4.78 is 114. The number of hydrogen-bond donors (Lipinski definition) is 0. The fourth-order valence-electron chi connectivity index (χ4n) is 8.60. The fraction of sp³-hybridized carbons (Fsp3) is 0. The van der Waals surface area contributed by atoms with Crippen molar-refractivity contribution < 1.29 is 16.4 Å². The van der Waals surface area contributed by atoms with E-state index in [-0.39, 0.29) is 33.4 Å². The zero-order valence-electron chi connectivity index (χ0n) is 42.1. The number of nitrogens with zero attached hydrogens (tertiary/aromatic N) is 3. The molecule has 0 aliphatic rings. The van der Waals surface area contributed by atoms with Crippen LogP contribution in [0.1, 0.15) is 16.4 Å². The first-order chi connectivity index (χ1) is 33.3. The second kappa shape index (κ2) is 12.5. The van der Waals surface area contributed by atoms with Crippen molar-refractivity contribution in [1.29, 1.82) is 0 Å². The van der Waals surface area contributed by atoms with Crippen LogP contribution >= 0.6 is 0 Å². The molecule has 3 aromatic heterocycles. The molecule has 57 heavy (non-hydrogen) atoms. The van der Waals surface area contributed by atoms with Gasteiger partial charge in [0.05, 0.1) is 55.2 Å². The van der Waals surface area contributed by atoms with Gasteiger partial charge >= 0.3 is 0 Å². The van der Waals surface area contributed by atoms with Gasteiger partial charge in [-0.25, -0.2) is 0 Å². The van der Waals surface area contributed by atoms with Crippen LogP contribution in [0.2, 0.25) is 0 Å². The second-order valence-electron chi connectivity index (χ2n) is 14.0. The molecule has 0 saturated carbocycles. The predicted molar refractivity (Wildman–Crippen MR) is 240 cm³/mol. The van der Waals surface area contributed by atoms with Crippen molar-refractivity contribution in [3.63, 3.8) is 0 Å². The molecule has 9 aromatic carbocycles. The predicted octanol–water partition coefficient (Wildman–Crippen LogP) is 14.3. The number of benzene rings is 9. The SMILES string of the molecule is [2H]c1c([2H])c([2H])c(-n2c3c([2H])c([2H])c([2H])c([2H])c3c3c([2H])c([2H])c(-c4ccccc4-n4c5ccccc5c5c4ccc4c6ccccc6n(-c6cccc(-c7ccccc7)c6)c45)c([2H])c32)c([2H])c1[2H]. The highest BCUT2D eigenvalue weighted by molar-refractivity contribution is 6.26. The van der Waals surface area contributed by atoms with Crippen LogP contribution in [-0.2, 0) is 0 Å². The minimum Gasteiger partial charge on any atom is -0.309 e. The Kier molecular flexibility index (Phi) is 4.82. The minimum absolute atomic E-state index is 0.0198. The van der Waals surface area contributed by atoms with E-state index in [1.54, 1.807) is 12.1 Å². The van der Waals surface area contributed by atoms with E-state index in [4.69, 9.17) is 12.3 Å². The summed E-state index contributed by atoms with van der Waals surface area (Å²) in [6.07, 6.45) is 0. The van der Waals surface area contributed by atoms with Crippen molar-refractivity contribution in [2.75, 3.05) is 0 Å². The van der Waals surface area contributed by atoms with Gasteiger partial charge in [-0.05, 0) is 77.3 Å². The molecule has 3 nitrogen and oxygen atoms in total. The normalized spacial score (nSPS) is 14.8. The molecule has 12 rings (SSSR count). The Balaban J connectivity index is 1.20. The Morgan fingerprint density at radius 1 is 0.351 bits per heavy atom. The van der Waals surface area contributed by atoms with Crippen molar-refractivity contribution >= 4 is 65.4 Å². The highest BCUT2D eigenvalue weighted by atomic mass is 15.0. The van der Waals surface area contributed by atoms with E-state index in [9.17, 15) is 4.11 Å². The van der Waals surface area contributed by atoms with Crippen LogP contribution in [0, 0.1) is 0 Å². The zero-order valence-corrected chi connectivity index (χ0v) is 30.1. The number of para-hydroxylation sites is 5. The maximum absolute atomic E-state index is 10.1. The van der Waals surface area contributed by atoms with Crippen LogP contribution in [0.5, 0.6) is 0 Å². The molecule has 0 amide bonds. The summed E-state index contributed by atoms with van der Waals surface area (Å²) in [5.74, 6) is 0. The molecule has 3 heteroatoms.